The molecule has 0 aliphatic rings. The molecule has 0 aromatic heterocycles. The van der Waals surface area contributed by atoms with E-state index in [-0.39, 0.29) is 0 Å². The van der Waals surface area contributed by atoms with Gasteiger partial charge in [0.2, 0.25) is 0 Å². The van der Waals surface area contributed by atoms with E-state index >= 15 is 0 Å². The van der Waals surface area contributed by atoms with Crippen molar-refractivity contribution in [3.8, 4) is 5.75 Å². The van der Waals surface area contributed by atoms with Gasteiger partial charge in [-0.25, -0.2) is 0 Å². The fraction of sp³-hybridized carbons (Fsp3) is 0.538. The SMILES string of the molecule is COCCOCCCNc1cc(OC)ccc1Cl. The van der Waals surface area contributed by atoms with Crippen molar-refractivity contribution >= 4 is 17.3 Å². The molecule has 1 N–H and O–H groups in total. The number of rotatable bonds is 9. The summed E-state index contributed by atoms with van der Waals surface area (Å²) in [6.07, 6.45) is 0.914. The molecule has 102 valence electrons. The summed E-state index contributed by atoms with van der Waals surface area (Å²) >= 11 is 6.07. The first-order valence-corrected chi connectivity index (χ1v) is 6.30. The molecule has 0 amide bonds. The maximum absolute atomic E-state index is 6.07. The van der Waals surface area contributed by atoms with Crippen molar-refractivity contribution in [2.75, 3.05) is 45.9 Å². The lowest BCUT2D eigenvalue weighted by molar-refractivity contribution is 0.0705. The van der Waals surface area contributed by atoms with Crippen LogP contribution >= 0.6 is 11.6 Å². The monoisotopic (exact) mass is 273 g/mol. The van der Waals surface area contributed by atoms with Crippen LogP contribution in [0.25, 0.3) is 0 Å². The van der Waals surface area contributed by atoms with E-state index in [0.29, 0.717) is 24.8 Å². The molecule has 1 rings (SSSR count). The highest BCUT2D eigenvalue weighted by molar-refractivity contribution is 6.33. The Hall–Kier alpha value is -0.970. The molecule has 0 atom stereocenters. The summed E-state index contributed by atoms with van der Waals surface area (Å²) in [6, 6.07) is 5.54. The first kappa shape index (κ1) is 15.1. The van der Waals surface area contributed by atoms with Crippen molar-refractivity contribution < 1.29 is 14.2 Å². The Morgan fingerprint density at radius 1 is 1.17 bits per heavy atom. The molecule has 0 saturated carbocycles. The normalized spacial score (nSPS) is 10.4. The minimum absolute atomic E-state index is 0.634. The van der Waals surface area contributed by atoms with Gasteiger partial charge in [0, 0.05) is 26.3 Å². The Kier molecular flexibility index (Phi) is 7.57. The third kappa shape index (κ3) is 5.58. The van der Waals surface area contributed by atoms with Crippen molar-refractivity contribution in [2.45, 2.75) is 6.42 Å². The molecule has 0 spiro atoms. The average molecular weight is 274 g/mol. The number of ether oxygens (including phenoxy) is 3. The molecular weight excluding hydrogens is 254 g/mol. The largest absolute Gasteiger partial charge is 0.497 e. The Morgan fingerprint density at radius 3 is 2.72 bits per heavy atom. The Labute approximate surface area is 113 Å². The minimum Gasteiger partial charge on any atom is -0.497 e. The molecule has 0 radical (unpaired) electrons. The van der Waals surface area contributed by atoms with E-state index in [1.54, 1.807) is 14.2 Å². The number of methoxy groups -OCH3 is 2. The van der Waals surface area contributed by atoms with Crippen LogP contribution in [0, 0.1) is 0 Å². The van der Waals surface area contributed by atoms with Crippen LogP contribution in [0.1, 0.15) is 6.42 Å². The van der Waals surface area contributed by atoms with Crippen molar-refractivity contribution in [3.05, 3.63) is 23.2 Å². The second-order valence-electron chi connectivity index (χ2n) is 3.73. The van der Waals surface area contributed by atoms with Crippen LogP contribution in [-0.4, -0.2) is 40.6 Å². The third-order valence-corrected chi connectivity index (χ3v) is 2.72. The lowest BCUT2D eigenvalue weighted by Crippen LogP contribution is -2.08. The fourth-order valence-electron chi connectivity index (χ4n) is 1.41. The summed E-state index contributed by atoms with van der Waals surface area (Å²) in [5.41, 5.74) is 0.882. The highest BCUT2D eigenvalue weighted by Crippen LogP contribution is 2.26. The lowest BCUT2D eigenvalue weighted by atomic mass is 10.3. The summed E-state index contributed by atoms with van der Waals surface area (Å²) in [4.78, 5) is 0. The van der Waals surface area contributed by atoms with Crippen LogP contribution < -0.4 is 10.1 Å². The smallest absolute Gasteiger partial charge is 0.121 e. The Bertz CT molecular complexity index is 347. The zero-order valence-corrected chi connectivity index (χ0v) is 11.6. The first-order chi connectivity index (χ1) is 8.77. The molecule has 5 heteroatoms. The topological polar surface area (TPSA) is 39.7 Å². The molecule has 4 nitrogen and oxygen atoms in total. The molecule has 0 aliphatic heterocycles. The first-order valence-electron chi connectivity index (χ1n) is 5.92. The molecular formula is C13H20ClNO3. The molecule has 0 fully saturated rings. The highest BCUT2D eigenvalue weighted by atomic mass is 35.5. The number of nitrogens with one attached hydrogen (secondary N) is 1. The molecule has 0 saturated heterocycles. The fourth-order valence-corrected chi connectivity index (χ4v) is 1.59. The number of anilines is 1. The van der Waals surface area contributed by atoms with Gasteiger partial charge in [-0.15, -0.1) is 0 Å². The van der Waals surface area contributed by atoms with Crippen LogP contribution in [0.2, 0.25) is 5.02 Å². The summed E-state index contributed by atoms with van der Waals surface area (Å²) in [5, 5.41) is 3.95. The average Bonchev–Trinajstić information content (AvgIpc) is 2.39. The molecule has 0 bridgehead atoms. The lowest BCUT2D eigenvalue weighted by Gasteiger charge is -2.10. The predicted molar refractivity (Wildman–Crippen MR) is 73.8 cm³/mol. The molecule has 18 heavy (non-hydrogen) atoms. The molecule has 0 unspecified atom stereocenters. The van der Waals surface area contributed by atoms with Gasteiger partial charge in [0.15, 0.2) is 0 Å². The van der Waals surface area contributed by atoms with Crippen molar-refractivity contribution in [1.29, 1.82) is 0 Å². The van der Waals surface area contributed by atoms with E-state index in [0.717, 1.165) is 24.4 Å². The van der Waals surface area contributed by atoms with Gasteiger partial charge in [-0.1, -0.05) is 11.6 Å². The van der Waals surface area contributed by atoms with E-state index in [4.69, 9.17) is 25.8 Å². The van der Waals surface area contributed by atoms with Crippen LogP contribution in [0.15, 0.2) is 18.2 Å². The number of benzene rings is 1. The van der Waals surface area contributed by atoms with Gasteiger partial charge in [0.05, 0.1) is 31.0 Å². The summed E-state index contributed by atoms with van der Waals surface area (Å²) < 4.78 is 15.4. The van der Waals surface area contributed by atoms with Gasteiger partial charge in [0.25, 0.3) is 0 Å². The van der Waals surface area contributed by atoms with Crippen LogP contribution in [-0.2, 0) is 9.47 Å². The zero-order chi connectivity index (χ0) is 13.2. The highest BCUT2D eigenvalue weighted by Gasteiger charge is 2.01. The van der Waals surface area contributed by atoms with Gasteiger partial charge >= 0.3 is 0 Å². The van der Waals surface area contributed by atoms with Gasteiger partial charge in [-0.2, -0.15) is 0 Å². The molecule has 1 aromatic rings. The van der Waals surface area contributed by atoms with E-state index in [1.807, 2.05) is 18.2 Å². The third-order valence-electron chi connectivity index (χ3n) is 2.39. The quantitative estimate of drug-likeness (QED) is 0.703. The number of hydrogen-bond acceptors (Lipinski definition) is 4. The second-order valence-corrected chi connectivity index (χ2v) is 4.14. The van der Waals surface area contributed by atoms with E-state index < -0.39 is 0 Å². The maximum atomic E-state index is 6.07. The minimum atomic E-state index is 0.634. The Balaban J connectivity index is 2.22. The number of halogens is 1. The van der Waals surface area contributed by atoms with E-state index in [9.17, 15) is 0 Å². The van der Waals surface area contributed by atoms with Gasteiger partial charge in [-0.05, 0) is 18.6 Å². The zero-order valence-electron chi connectivity index (χ0n) is 10.9. The molecule has 0 aliphatic carbocycles. The molecule has 1 aromatic carbocycles. The van der Waals surface area contributed by atoms with Gasteiger partial charge in [0.1, 0.15) is 5.75 Å². The number of hydrogen-bond donors (Lipinski definition) is 1. The van der Waals surface area contributed by atoms with Crippen LogP contribution in [0.5, 0.6) is 5.75 Å². The van der Waals surface area contributed by atoms with E-state index in [2.05, 4.69) is 5.32 Å². The summed E-state index contributed by atoms with van der Waals surface area (Å²) in [7, 11) is 3.30. The summed E-state index contributed by atoms with van der Waals surface area (Å²) in [6.45, 7) is 2.78. The standard InChI is InChI=1S/C13H20ClNO3/c1-16-8-9-18-7-3-6-15-13-10-11(17-2)4-5-12(13)14/h4-5,10,15H,3,6-9H2,1-2H3. The van der Waals surface area contributed by atoms with Crippen molar-refractivity contribution in [1.82, 2.24) is 0 Å². The molecule has 0 heterocycles. The van der Waals surface area contributed by atoms with Crippen LogP contribution in [0.3, 0.4) is 0 Å². The van der Waals surface area contributed by atoms with Crippen molar-refractivity contribution in [2.24, 2.45) is 0 Å². The summed E-state index contributed by atoms with van der Waals surface area (Å²) in [5.74, 6) is 0.790. The Morgan fingerprint density at radius 2 is 2.00 bits per heavy atom. The van der Waals surface area contributed by atoms with Gasteiger partial charge in [-0.3, -0.25) is 0 Å². The van der Waals surface area contributed by atoms with Crippen LogP contribution in [0.4, 0.5) is 5.69 Å². The maximum Gasteiger partial charge on any atom is 0.121 e. The van der Waals surface area contributed by atoms with E-state index in [1.165, 1.54) is 0 Å². The van der Waals surface area contributed by atoms with Crippen molar-refractivity contribution in [3.63, 3.8) is 0 Å². The van der Waals surface area contributed by atoms with Gasteiger partial charge < -0.3 is 19.5 Å². The second kappa shape index (κ2) is 9.03. The predicted octanol–water partition coefficient (Wildman–Crippen LogP) is 2.81.